The number of rotatable bonds is 6. The summed E-state index contributed by atoms with van der Waals surface area (Å²) in [6, 6.07) is -1.92. The molecule has 0 aromatic rings. The number of hydrogen-bond donors (Lipinski definition) is 5. The highest BCUT2D eigenvalue weighted by Crippen LogP contribution is 2.22. The molecule has 10 heteroatoms. The second-order valence-corrected chi connectivity index (χ2v) is 5.00. The second-order valence-electron chi connectivity index (χ2n) is 5.00. The molecule has 0 fully saturated rings. The average Bonchev–Trinajstić information content (AvgIpc) is 2.49. The van der Waals surface area contributed by atoms with E-state index in [4.69, 9.17) is 27.0 Å². The van der Waals surface area contributed by atoms with Crippen molar-refractivity contribution in [2.75, 3.05) is 13.1 Å². The monoisotopic (exact) mass is 329 g/mol. The summed E-state index contributed by atoms with van der Waals surface area (Å²) >= 11 is 0. The fraction of sp³-hybridized carbons (Fsp3) is 0.615. The van der Waals surface area contributed by atoms with E-state index in [1.54, 1.807) is 13.8 Å². The number of carboxylic acid groups (broad SMARTS) is 1. The number of ether oxygens (including phenoxy) is 1. The summed E-state index contributed by atoms with van der Waals surface area (Å²) in [5.41, 5.74) is 16.5. The fourth-order valence-electron chi connectivity index (χ4n) is 2.28. The number of nitrogens with two attached hydrogens (primary N) is 3. The molecule has 130 valence electrons. The van der Waals surface area contributed by atoms with Gasteiger partial charge in [-0.2, -0.15) is 0 Å². The maximum absolute atomic E-state index is 12.2. The quantitative estimate of drug-likeness (QED) is 0.263. The number of carbonyl (C=O) groups excluding carboxylic acids is 1. The van der Waals surface area contributed by atoms with Gasteiger partial charge in [-0.1, -0.05) is 0 Å². The van der Waals surface area contributed by atoms with Gasteiger partial charge in [0.25, 0.3) is 5.91 Å². The van der Waals surface area contributed by atoms with Gasteiger partial charge in [0.05, 0.1) is 12.1 Å². The van der Waals surface area contributed by atoms with Crippen molar-refractivity contribution in [2.45, 2.75) is 38.1 Å². The first-order valence-electron chi connectivity index (χ1n) is 7.15. The van der Waals surface area contributed by atoms with Crippen LogP contribution in [0.25, 0.3) is 0 Å². The van der Waals surface area contributed by atoms with E-state index in [0.29, 0.717) is 13.1 Å². The molecule has 8 N–H and O–H groups in total. The minimum absolute atomic E-state index is 0.295. The Morgan fingerprint density at radius 3 is 2.39 bits per heavy atom. The van der Waals surface area contributed by atoms with Crippen molar-refractivity contribution in [1.82, 2.24) is 4.90 Å². The van der Waals surface area contributed by atoms with E-state index in [1.165, 1.54) is 4.90 Å². The van der Waals surface area contributed by atoms with Crippen LogP contribution < -0.4 is 17.2 Å². The van der Waals surface area contributed by atoms with Gasteiger partial charge >= 0.3 is 5.97 Å². The molecular formula is C13H23N5O5. The largest absolute Gasteiger partial charge is 0.478 e. The highest BCUT2D eigenvalue weighted by atomic mass is 16.5. The number of carbonyl (C=O) groups is 2. The van der Waals surface area contributed by atoms with Gasteiger partial charge in [-0.15, -0.1) is 0 Å². The van der Waals surface area contributed by atoms with Crippen molar-refractivity contribution in [3.8, 4) is 0 Å². The summed E-state index contributed by atoms with van der Waals surface area (Å²) in [6.07, 6.45) is -1.78. The standard InChI is InChI=1S/C13H23N5O5/c1-3-18(4-2)11(20)9(19)10-8(14)6(17-13(15)16)5-7(23-10)12(21)22/h5-6,8-10,19H,3-4,14H2,1-2H3,(H,21,22)(H4,15,16,17)/t6-,8+,9-,10+/m0/s1. The molecule has 1 aliphatic rings. The minimum Gasteiger partial charge on any atom is -0.478 e. The normalized spacial score (nSPS) is 24.9. The lowest BCUT2D eigenvalue weighted by Gasteiger charge is -2.36. The van der Waals surface area contributed by atoms with Crippen LogP contribution in [0, 0.1) is 0 Å². The molecule has 0 radical (unpaired) electrons. The molecule has 0 aromatic carbocycles. The number of likely N-dealkylation sites (N-methyl/N-ethyl adjacent to an activating group) is 1. The molecule has 1 heterocycles. The number of carboxylic acids is 1. The lowest BCUT2D eigenvalue weighted by atomic mass is 9.95. The second kappa shape index (κ2) is 7.79. The predicted octanol–water partition coefficient (Wildman–Crippen LogP) is -2.45. The lowest BCUT2D eigenvalue weighted by Crippen LogP contribution is -2.58. The number of hydrogen-bond acceptors (Lipinski definition) is 6. The number of aliphatic hydroxyl groups is 1. The van der Waals surface area contributed by atoms with Crippen LogP contribution in [0.4, 0.5) is 0 Å². The molecule has 0 unspecified atom stereocenters. The molecule has 0 spiro atoms. The Bertz CT molecular complexity index is 513. The van der Waals surface area contributed by atoms with E-state index < -0.39 is 41.9 Å². The Hall–Kier alpha value is -2.33. The Morgan fingerprint density at radius 1 is 1.39 bits per heavy atom. The van der Waals surface area contributed by atoms with Crippen LogP contribution in [-0.2, 0) is 14.3 Å². The van der Waals surface area contributed by atoms with Gasteiger partial charge in [-0.3, -0.25) is 4.79 Å². The van der Waals surface area contributed by atoms with Crippen molar-refractivity contribution >= 4 is 17.8 Å². The topological polar surface area (TPSA) is 177 Å². The van der Waals surface area contributed by atoms with Crippen molar-refractivity contribution in [3.63, 3.8) is 0 Å². The molecule has 0 aliphatic carbocycles. The zero-order valence-corrected chi connectivity index (χ0v) is 13.0. The molecule has 23 heavy (non-hydrogen) atoms. The molecule has 0 aromatic heterocycles. The van der Waals surface area contributed by atoms with Crippen LogP contribution in [0.1, 0.15) is 13.8 Å². The van der Waals surface area contributed by atoms with E-state index in [1.807, 2.05) is 0 Å². The number of guanidine groups is 1. The van der Waals surface area contributed by atoms with Crippen LogP contribution in [0.3, 0.4) is 0 Å². The van der Waals surface area contributed by atoms with Crippen LogP contribution in [0.2, 0.25) is 0 Å². The fourth-order valence-corrected chi connectivity index (χ4v) is 2.28. The molecule has 0 bridgehead atoms. The van der Waals surface area contributed by atoms with E-state index in [-0.39, 0.29) is 5.96 Å². The molecule has 10 nitrogen and oxygen atoms in total. The van der Waals surface area contributed by atoms with E-state index in [2.05, 4.69) is 4.99 Å². The van der Waals surface area contributed by atoms with E-state index >= 15 is 0 Å². The number of amides is 1. The molecule has 0 saturated carbocycles. The minimum atomic E-state index is -1.63. The zero-order chi connectivity index (χ0) is 17.7. The van der Waals surface area contributed by atoms with Gasteiger partial charge in [-0.25, -0.2) is 9.79 Å². The van der Waals surface area contributed by atoms with Gasteiger partial charge in [0, 0.05) is 13.1 Å². The number of aliphatic carboxylic acids is 1. The van der Waals surface area contributed by atoms with Gasteiger partial charge in [0.2, 0.25) is 5.76 Å². The summed E-state index contributed by atoms with van der Waals surface area (Å²) in [5, 5.41) is 19.4. The smallest absolute Gasteiger partial charge is 0.370 e. The Kier molecular flexibility index (Phi) is 6.34. The molecule has 4 atom stereocenters. The SMILES string of the molecule is CCN(CC)C(=O)[C@@H](O)[C@@H]1OC(C(=O)O)=C[C@H](N=C(N)N)[C@H]1N. The van der Waals surface area contributed by atoms with Crippen molar-refractivity contribution in [2.24, 2.45) is 22.2 Å². The third-order valence-electron chi connectivity index (χ3n) is 3.51. The van der Waals surface area contributed by atoms with Crippen molar-refractivity contribution in [1.29, 1.82) is 0 Å². The summed E-state index contributed by atoms with van der Waals surface area (Å²) < 4.78 is 5.18. The van der Waals surface area contributed by atoms with Gasteiger partial charge in [-0.05, 0) is 19.9 Å². The summed E-state index contributed by atoms with van der Waals surface area (Å²) in [5.74, 6) is -2.75. The predicted molar refractivity (Wildman–Crippen MR) is 82.1 cm³/mol. The van der Waals surface area contributed by atoms with Gasteiger partial charge < -0.3 is 37.1 Å². The molecule has 1 rings (SSSR count). The Morgan fingerprint density at radius 2 is 1.96 bits per heavy atom. The van der Waals surface area contributed by atoms with Crippen molar-refractivity contribution in [3.05, 3.63) is 11.8 Å². The number of aliphatic hydroxyl groups excluding tert-OH is 1. The number of nitrogens with zero attached hydrogens (tertiary/aromatic N) is 2. The Labute approximate surface area is 133 Å². The van der Waals surface area contributed by atoms with E-state index in [0.717, 1.165) is 6.08 Å². The molecular weight excluding hydrogens is 306 g/mol. The highest BCUT2D eigenvalue weighted by molar-refractivity contribution is 5.86. The van der Waals surface area contributed by atoms with Crippen LogP contribution in [0.5, 0.6) is 0 Å². The average molecular weight is 329 g/mol. The highest BCUT2D eigenvalue weighted by Gasteiger charge is 2.42. The molecule has 1 aliphatic heterocycles. The zero-order valence-electron chi connectivity index (χ0n) is 13.0. The summed E-state index contributed by atoms with van der Waals surface area (Å²) in [6.45, 7) is 4.27. The first-order valence-corrected chi connectivity index (χ1v) is 7.15. The first kappa shape index (κ1) is 18.7. The maximum Gasteiger partial charge on any atom is 0.370 e. The Balaban J connectivity index is 3.10. The van der Waals surface area contributed by atoms with Crippen LogP contribution >= 0.6 is 0 Å². The third kappa shape index (κ3) is 4.33. The lowest BCUT2D eigenvalue weighted by molar-refractivity contribution is -0.153. The molecule has 1 amide bonds. The summed E-state index contributed by atoms with van der Waals surface area (Å²) in [7, 11) is 0. The third-order valence-corrected chi connectivity index (χ3v) is 3.51. The summed E-state index contributed by atoms with van der Waals surface area (Å²) in [4.78, 5) is 28.6. The number of aliphatic imine (C=N–C) groups is 1. The van der Waals surface area contributed by atoms with Crippen LogP contribution in [0.15, 0.2) is 16.8 Å². The van der Waals surface area contributed by atoms with E-state index in [9.17, 15) is 14.7 Å². The van der Waals surface area contributed by atoms with Crippen molar-refractivity contribution < 1.29 is 24.5 Å². The van der Waals surface area contributed by atoms with Gasteiger partial charge in [0.15, 0.2) is 18.2 Å². The first-order chi connectivity index (χ1) is 10.7. The van der Waals surface area contributed by atoms with Gasteiger partial charge in [0.1, 0.15) is 0 Å². The maximum atomic E-state index is 12.2. The molecule has 0 saturated heterocycles. The van der Waals surface area contributed by atoms with Crippen LogP contribution in [-0.4, -0.2) is 70.3 Å².